The molecule has 0 amide bonds. The van der Waals surface area contributed by atoms with Gasteiger partial charge in [0, 0.05) is 17.6 Å². The highest BCUT2D eigenvalue weighted by Gasteiger charge is 2.22. The maximum absolute atomic E-state index is 8.72. The van der Waals surface area contributed by atoms with Crippen molar-refractivity contribution in [2.45, 2.75) is 25.3 Å². The fourth-order valence-electron chi connectivity index (χ4n) is 1.39. The van der Waals surface area contributed by atoms with Crippen molar-refractivity contribution in [1.29, 1.82) is 0 Å². The van der Waals surface area contributed by atoms with Gasteiger partial charge in [-0.3, -0.25) is 0 Å². The third-order valence-electron chi connectivity index (χ3n) is 1.99. The van der Waals surface area contributed by atoms with Gasteiger partial charge < -0.3 is 5.11 Å². The number of hydrogen-bond donors (Lipinski definition) is 1. The SMILES string of the molecule is [N-]=[N+]=N[C@H]1CC[C@@H](CO)C1. The number of azide groups is 1. The van der Waals surface area contributed by atoms with Crippen molar-refractivity contribution in [2.75, 3.05) is 6.61 Å². The van der Waals surface area contributed by atoms with Crippen molar-refractivity contribution < 1.29 is 5.11 Å². The number of hydrogen-bond acceptors (Lipinski definition) is 2. The summed E-state index contributed by atoms with van der Waals surface area (Å²) in [4.78, 5) is 2.73. The normalized spacial score (nSPS) is 31.7. The Balaban J connectivity index is 2.35. The highest BCUT2D eigenvalue weighted by Crippen LogP contribution is 2.27. The Morgan fingerprint density at radius 2 is 2.40 bits per heavy atom. The molecule has 0 radical (unpaired) electrons. The van der Waals surface area contributed by atoms with Crippen LogP contribution in [-0.2, 0) is 0 Å². The van der Waals surface area contributed by atoms with Crippen LogP contribution in [-0.4, -0.2) is 17.8 Å². The van der Waals surface area contributed by atoms with Gasteiger partial charge in [-0.2, -0.15) is 0 Å². The van der Waals surface area contributed by atoms with E-state index in [9.17, 15) is 0 Å². The van der Waals surface area contributed by atoms with E-state index in [-0.39, 0.29) is 12.6 Å². The minimum Gasteiger partial charge on any atom is -0.396 e. The van der Waals surface area contributed by atoms with E-state index < -0.39 is 0 Å². The fourth-order valence-corrected chi connectivity index (χ4v) is 1.39. The molecule has 10 heavy (non-hydrogen) atoms. The second-order valence-corrected chi connectivity index (χ2v) is 2.72. The van der Waals surface area contributed by atoms with E-state index in [1.54, 1.807) is 0 Å². The van der Waals surface area contributed by atoms with Crippen LogP contribution in [0.4, 0.5) is 0 Å². The van der Waals surface area contributed by atoms with E-state index in [2.05, 4.69) is 10.0 Å². The third kappa shape index (κ3) is 1.62. The number of nitrogens with zero attached hydrogens (tertiary/aromatic N) is 3. The smallest absolute Gasteiger partial charge is 0.0459 e. The zero-order valence-corrected chi connectivity index (χ0v) is 5.77. The van der Waals surface area contributed by atoms with Crippen molar-refractivity contribution in [2.24, 2.45) is 11.0 Å². The molecule has 0 spiro atoms. The predicted molar refractivity (Wildman–Crippen MR) is 37.4 cm³/mol. The molecule has 56 valence electrons. The quantitative estimate of drug-likeness (QED) is 0.353. The predicted octanol–water partition coefficient (Wildman–Crippen LogP) is 1.46. The molecular weight excluding hydrogens is 130 g/mol. The minimum atomic E-state index is 0.141. The first kappa shape index (κ1) is 7.38. The summed E-state index contributed by atoms with van der Waals surface area (Å²) in [6.07, 6.45) is 2.80. The summed E-state index contributed by atoms with van der Waals surface area (Å²) in [5, 5.41) is 12.3. The molecule has 2 atom stereocenters. The summed E-state index contributed by atoms with van der Waals surface area (Å²) in [5.41, 5.74) is 8.08. The molecule has 1 aliphatic carbocycles. The van der Waals surface area contributed by atoms with E-state index in [0.717, 1.165) is 19.3 Å². The van der Waals surface area contributed by atoms with Crippen molar-refractivity contribution in [3.8, 4) is 0 Å². The average molecular weight is 141 g/mol. The summed E-state index contributed by atoms with van der Waals surface area (Å²) in [5.74, 6) is 0.371. The molecule has 4 heteroatoms. The first-order valence-corrected chi connectivity index (χ1v) is 3.52. The molecule has 0 bridgehead atoms. The van der Waals surface area contributed by atoms with Crippen LogP contribution in [0.5, 0.6) is 0 Å². The maximum atomic E-state index is 8.72. The molecule has 4 nitrogen and oxygen atoms in total. The lowest BCUT2D eigenvalue weighted by Crippen LogP contribution is -2.01. The molecule has 1 saturated carbocycles. The average Bonchev–Trinajstić information content (AvgIpc) is 2.37. The Kier molecular flexibility index (Phi) is 2.54. The monoisotopic (exact) mass is 141 g/mol. The van der Waals surface area contributed by atoms with Gasteiger partial charge in [0.25, 0.3) is 0 Å². The van der Waals surface area contributed by atoms with E-state index >= 15 is 0 Å². The Labute approximate surface area is 59.5 Å². The lowest BCUT2D eigenvalue weighted by atomic mass is 10.1. The third-order valence-corrected chi connectivity index (χ3v) is 1.99. The molecule has 1 aliphatic rings. The van der Waals surface area contributed by atoms with E-state index in [0.29, 0.717) is 5.92 Å². The number of aliphatic hydroxyl groups excluding tert-OH is 1. The van der Waals surface area contributed by atoms with Crippen LogP contribution in [0.15, 0.2) is 5.11 Å². The molecular formula is C6H11N3O. The van der Waals surface area contributed by atoms with Gasteiger partial charge in [0.15, 0.2) is 0 Å². The van der Waals surface area contributed by atoms with Gasteiger partial charge in [-0.25, -0.2) is 0 Å². The molecule has 1 fully saturated rings. The summed E-state index contributed by atoms with van der Waals surface area (Å²) < 4.78 is 0. The molecule has 0 saturated heterocycles. The second kappa shape index (κ2) is 3.44. The molecule has 0 aliphatic heterocycles. The lowest BCUT2D eigenvalue weighted by molar-refractivity contribution is 0.229. The van der Waals surface area contributed by atoms with Gasteiger partial charge in [0.2, 0.25) is 0 Å². The Morgan fingerprint density at radius 1 is 1.60 bits per heavy atom. The topological polar surface area (TPSA) is 69.0 Å². The number of aliphatic hydroxyl groups is 1. The summed E-state index contributed by atoms with van der Waals surface area (Å²) in [6, 6.07) is 0.141. The van der Waals surface area contributed by atoms with Crippen LogP contribution in [0.2, 0.25) is 0 Å². The minimum absolute atomic E-state index is 0.141. The molecule has 0 heterocycles. The molecule has 0 unspecified atom stereocenters. The molecule has 1 N–H and O–H groups in total. The second-order valence-electron chi connectivity index (χ2n) is 2.72. The Bertz CT molecular complexity index is 153. The first-order valence-electron chi connectivity index (χ1n) is 3.52. The van der Waals surface area contributed by atoms with Gasteiger partial charge >= 0.3 is 0 Å². The van der Waals surface area contributed by atoms with Crippen LogP contribution in [0.25, 0.3) is 10.4 Å². The summed E-state index contributed by atoms with van der Waals surface area (Å²) in [7, 11) is 0. The van der Waals surface area contributed by atoms with Gasteiger partial charge in [-0.05, 0) is 30.7 Å². The highest BCUT2D eigenvalue weighted by atomic mass is 16.3. The van der Waals surface area contributed by atoms with Crippen LogP contribution in [0.3, 0.4) is 0 Å². The largest absolute Gasteiger partial charge is 0.396 e. The zero-order valence-electron chi connectivity index (χ0n) is 5.77. The van der Waals surface area contributed by atoms with Crippen molar-refractivity contribution >= 4 is 0 Å². The molecule has 1 rings (SSSR count). The summed E-state index contributed by atoms with van der Waals surface area (Å²) in [6.45, 7) is 0.234. The van der Waals surface area contributed by atoms with Crippen molar-refractivity contribution in [1.82, 2.24) is 0 Å². The van der Waals surface area contributed by atoms with Gasteiger partial charge in [0.1, 0.15) is 0 Å². The maximum Gasteiger partial charge on any atom is 0.0459 e. The molecule has 0 aromatic carbocycles. The number of rotatable bonds is 2. The standard InChI is InChI=1S/C6H11N3O/c7-9-8-6-2-1-5(3-6)4-10/h5-6,10H,1-4H2/t5-,6+/m1/s1. The van der Waals surface area contributed by atoms with Crippen LogP contribution < -0.4 is 0 Å². The van der Waals surface area contributed by atoms with E-state index in [1.807, 2.05) is 0 Å². The van der Waals surface area contributed by atoms with Gasteiger partial charge in [-0.1, -0.05) is 5.11 Å². The summed E-state index contributed by atoms with van der Waals surface area (Å²) >= 11 is 0. The zero-order chi connectivity index (χ0) is 7.40. The van der Waals surface area contributed by atoms with Gasteiger partial charge in [-0.15, -0.1) is 0 Å². The van der Waals surface area contributed by atoms with Crippen LogP contribution in [0.1, 0.15) is 19.3 Å². The Hall–Kier alpha value is -0.730. The van der Waals surface area contributed by atoms with Crippen molar-refractivity contribution in [3.63, 3.8) is 0 Å². The van der Waals surface area contributed by atoms with Crippen molar-refractivity contribution in [3.05, 3.63) is 10.4 Å². The molecule has 0 aromatic rings. The van der Waals surface area contributed by atoms with E-state index in [1.165, 1.54) is 0 Å². The lowest BCUT2D eigenvalue weighted by Gasteiger charge is -2.01. The van der Waals surface area contributed by atoms with Crippen LogP contribution in [0, 0.1) is 5.92 Å². The van der Waals surface area contributed by atoms with E-state index in [4.69, 9.17) is 10.6 Å². The highest BCUT2D eigenvalue weighted by molar-refractivity contribution is 4.79. The Morgan fingerprint density at radius 3 is 2.90 bits per heavy atom. The fraction of sp³-hybridized carbons (Fsp3) is 1.00. The van der Waals surface area contributed by atoms with Gasteiger partial charge in [0.05, 0.1) is 0 Å². The molecule has 0 aromatic heterocycles. The van der Waals surface area contributed by atoms with Crippen LogP contribution >= 0.6 is 0 Å². The first-order chi connectivity index (χ1) is 4.86.